The molecule has 0 aliphatic rings. The number of benzene rings is 1. The largest absolute Gasteiger partial charge is 0.492 e. The molecule has 1 aromatic rings. The molecule has 1 N–H and O–H groups in total. The lowest BCUT2D eigenvalue weighted by Gasteiger charge is -2.13. The summed E-state index contributed by atoms with van der Waals surface area (Å²) in [4.78, 5) is 0. The molecule has 0 heterocycles. The molecular formula is C11H15FO4S. The fourth-order valence-corrected chi connectivity index (χ4v) is 1.67. The Morgan fingerprint density at radius 2 is 2.12 bits per heavy atom. The second-order valence-electron chi connectivity index (χ2n) is 3.84. The summed E-state index contributed by atoms with van der Waals surface area (Å²) in [6.45, 7) is 1.46. The van der Waals surface area contributed by atoms with Gasteiger partial charge in [-0.1, -0.05) is 0 Å². The first-order chi connectivity index (χ1) is 7.79. The van der Waals surface area contributed by atoms with Crippen molar-refractivity contribution < 1.29 is 22.7 Å². The van der Waals surface area contributed by atoms with Crippen LogP contribution in [0.3, 0.4) is 0 Å². The molecule has 0 spiro atoms. The third-order valence-electron chi connectivity index (χ3n) is 2.14. The SMILES string of the molecule is C[C@@H](O)c1ccc(F)cc1OCCS(C)(=O)=O. The van der Waals surface area contributed by atoms with Gasteiger partial charge in [0.1, 0.15) is 18.2 Å². The van der Waals surface area contributed by atoms with E-state index in [0.29, 0.717) is 5.56 Å². The lowest BCUT2D eigenvalue weighted by atomic mass is 10.1. The van der Waals surface area contributed by atoms with Gasteiger partial charge < -0.3 is 9.84 Å². The van der Waals surface area contributed by atoms with Crippen LogP contribution in [0.2, 0.25) is 0 Å². The van der Waals surface area contributed by atoms with Crippen LogP contribution in [0.4, 0.5) is 4.39 Å². The van der Waals surface area contributed by atoms with E-state index in [1.165, 1.54) is 19.1 Å². The highest BCUT2D eigenvalue weighted by atomic mass is 32.2. The van der Waals surface area contributed by atoms with Crippen molar-refractivity contribution in [1.29, 1.82) is 0 Å². The van der Waals surface area contributed by atoms with E-state index in [2.05, 4.69) is 0 Å². The van der Waals surface area contributed by atoms with Gasteiger partial charge in [0.05, 0.1) is 11.9 Å². The van der Waals surface area contributed by atoms with E-state index in [0.717, 1.165) is 12.3 Å². The van der Waals surface area contributed by atoms with E-state index in [4.69, 9.17) is 4.74 Å². The summed E-state index contributed by atoms with van der Waals surface area (Å²) in [5.74, 6) is -0.477. The van der Waals surface area contributed by atoms with Crippen LogP contribution in [0.25, 0.3) is 0 Å². The Morgan fingerprint density at radius 3 is 2.65 bits per heavy atom. The summed E-state index contributed by atoms with van der Waals surface area (Å²) < 4.78 is 40.0. The Labute approximate surface area is 100.0 Å². The first-order valence-corrected chi connectivity index (χ1v) is 7.13. The first kappa shape index (κ1) is 13.9. The third-order valence-corrected chi connectivity index (χ3v) is 3.05. The van der Waals surface area contributed by atoms with Gasteiger partial charge in [0.25, 0.3) is 0 Å². The van der Waals surface area contributed by atoms with Crippen LogP contribution < -0.4 is 4.74 Å². The Kier molecular flexibility index (Phi) is 4.47. The van der Waals surface area contributed by atoms with Gasteiger partial charge in [-0.05, 0) is 19.1 Å². The number of hydrogen-bond donors (Lipinski definition) is 1. The molecule has 96 valence electrons. The van der Waals surface area contributed by atoms with Crippen LogP contribution in [0.1, 0.15) is 18.6 Å². The molecule has 17 heavy (non-hydrogen) atoms. The van der Waals surface area contributed by atoms with E-state index in [1.54, 1.807) is 0 Å². The van der Waals surface area contributed by atoms with E-state index in [9.17, 15) is 17.9 Å². The number of ether oxygens (including phenoxy) is 1. The average molecular weight is 262 g/mol. The number of hydrogen-bond acceptors (Lipinski definition) is 4. The van der Waals surface area contributed by atoms with Crippen LogP contribution in [0.15, 0.2) is 18.2 Å². The van der Waals surface area contributed by atoms with Crippen molar-refractivity contribution in [3.05, 3.63) is 29.6 Å². The van der Waals surface area contributed by atoms with Crippen LogP contribution >= 0.6 is 0 Å². The summed E-state index contributed by atoms with van der Waals surface area (Å²) in [5, 5.41) is 9.43. The predicted octanol–water partition coefficient (Wildman–Crippen LogP) is 1.30. The Hall–Kier alpha value is -1.14. The zero-order chi connectivity index (χ0) is 13.1. The highest BCUT2D eigenvalue weighted by Crippen LogP contribution is 2.25. The maximum absolute atomic E-state index is 13.0. The van der Waals surface area contributed by atoms with Crippen molar-refractivity contribution in [2.45, 2.75) is 13.0 Å². The number of aliphatic hydroxyl groups is 1. The van der Waals surface area contributed by atoms with Crippen LogP contribution in [0.5, 0.6) is 5.75 Å². The maximum atomic E-state index is 13.0. The number of halogens is 1. The standard InChI is InChI=1S/C11H15FO4S/c1-8(13)10-4-3-9(12)7-11(10)16-5-6-17(2,14)15/h3-4,7-8,13H,5-6H2,1-2H3/t8-/m1/s1. The van der Waals surface area contributed by atoms with E-state index < -0.39 is 21.8 Å². The summed E-state index contributed by atoms with van der Waals surface area (Å²) in [6, 6.07) is 3.76. The predicted molar refractivity (Wildman–Crippen MR) is 62.2 cm³/mol. The van der Waals surface area contributed by atoms with Crippen molar-refractivity contribution in [2.75, 3.05) is 18.6 Å². The highest BCUT2D eigenvalue weighted by molar-refractivity contribution is 7.90. The van der Waals surface area contributed by atoms with Gasteiger partial charge in [-0.15, -0.1) is 0 Å². The minimum Gasteiger partial charge on any atom is -0.492 e. The molecule has 0 bridgehead atoms. The molecule has 0 aromatic heterocycles. The molecule has 0 saturated carbocycles. The third kappa shape index (κ3) is 4.70. The average Bonchev–Trinajstić information content (AvgIpc) is 2.15. The molecule has 6 heteroatoms. The van der Waals surface area contributed by atoms with E-state index in [1.807, 2.05) is 0 Å². The fourth-order valence-electron chi connectivity index (χ4n) is 1.28. The molecule has 0 saturated heterocycles. The molecule has 0 aliphatic carbocycles. The second kappa shape index (κ2) is 5.46. The Balaban J connectivity index is 2.79. The van der Waals surface area contributed by atoms with Crippen molar-refractivity contribution in [3.8, 4) is 5.75 Å². The number of rotatable bonds is 5. The molecule has 0 amide bonds. The van der Waals surface area contributed by atoms with Crippen molar-refractivity contribution in [3.63, 3.8) is 0 Å². The quantitative estimate of drug-likeness (QED) is 0.868. The number of aliphatic hydroxyl groups excluding tert-OH is 1. The minimum atomic E-state index is -3.12. The Bertz CT molecular complexity index is 482. The van der Waals surface area contributed by atoms with Crippen LogP contribution in [0, 0.1) is 5.82 Å². The Morgan fingerprint density at radius 1 is 1.47 bits per heavy atom. The van der Waals surface area contributed by atoms with Gasteiger partial charge in [0, 0.05) is 17.9 Å². The van der Waals surface area contributed by atoms with Crippen LogP contribution in [-0.2, 0) is 9.84 Å². The van der Waals surface area contributed by atoms with E-state index in [-0.39, 0.29) is 18.1 Å². The summed E-state index contributed by atoms with van der Waals surface area (Å²) >= 11 is 0. The second-order valence-corrected chi connectivity index (χ2v) is 6.10. The lowest BCUT2D eigenvalue weighted by molar-refractivity contribution is 0.192. The van der Waals surface area contributed by atoms with Crippen LogP contribution in [-0.4, -0.2) is 32.1 Å². The molecule has 0 unspecified atom stereocenters. The van der Waals surface area contributed by atoms with Gasteiger partial charge in [-0.2, -0.15) is 0 Å². The smallest absolute Gasteiger partial charge is 0.150 e. The lowest BCUT2D eigenvalue weighted by Crippen LogP contribution is -2.13. The van der Waals surface area contributed by atoms with Crippen molar-refractivity contribution in [2.24, 2.45) is 0 Å². The summed E-state index contributed by atoms with van der Waals surface area (Å²) in [7, 11) is -3.12. The summed E-state index contributed by atoms with van der Waals surface area (Å²) in [6.07, 6.45) is 0.293. The van der Waals surface area contributed by atoms with Crippen molar-refractivity contribution in [1.82, 2.24) is 0 Å². The maximum Gasteiger partial charge on any atom is 0.150 e. The highest BCUT2D eigenvalue weighted by Gasteiger charge is 2.11. The van der Waals surface area contributed by atoms with Gasteiger partial charge in [-0.25, -0.2) is 12.8 Å². The van der Waals surface area contributed by atoms with E-state index >= 15 is 0 Å². The summed E-state index contributed by atoms with van der Waals surface area (Å²) in [5.41, 5.74) is 0.430. The minimum absolute atomic E-state index is 0.0675. The normalized spacial score (nSPS) is 13.4. The molecule has 1 atom stereocenters. The molecular weight excluding hydrogens is 247 g/mol. The van der Waals surface area contributed by atoms with Gasteiger partial charge in [0.15, 0.2) is 9.84 Å². The zero-order valence-corrected chi connectivity index (χ0v) is 10.5. The van der Waals surface area contributed by atoms with Gasteiger partial charge in [0.2, 0.25) is 0 Å². The topological polar surface area (TPSA) is 63.6 Å². The van der Waals surface area contributed by atoms with Crippen molar-refractivity contribution >= 4 is 9.84 Å². The monoisotopic (exact) mass is 262 g/mol. The number of sulfone groups is 1. The molecule has 1 aromatic carbocycles. The fraction of sp³-hybridized carbons (Fsp3) is 0.455. The molecule has 0 fully saturated rings. The zero-order valence-electron chi connectivity index (χ0n) is 9.68. The molecule has 0 aliphatic heterocycles. The van der Waals surface area contributed by atoms with Gasteiger partial charge in [-0.3, -0.25) is 0 Å². The first-order valence-electron chi connectivity index (χ1n) is 5.07. The van der Waals surface area contributed by atoms with Gasteiger partial charge >= 0.3 is 0 Å². The molecule has 1 rings (SSSR count). The molecule has 4 nitrogen and oxygen atoms in total. The molecule has 0 radical (unpaired) electrons.